The Balaban J connectivity index is 0.000000412. The van der Waals surface area contributed by atoms with E-state index in [9.17, 15) is 18.0 Å². The SMILES string of the molecule is COC(=O)COc1ccc2cc(C(=N)N)ccc2c1.O=C(O)C(F)(F)F. The molecule has 0 radical (unpaired) electrons. The second-order valence-corrected chi connectivity index (χ2v) is 4.81. The number of benzene rings is 2. The van der Waals surface area contributed by atoms with E-state index in [1.807, 2.05) is 24.3 Å². The first-order chi connectivity index (χ1) is 12.0. The van der Waals surface area contributed by atoms with Gasteiger partial charge in [0.1, 0.15) is 11.6 Å². The number of alkyl halides is 3. The topological polar surface area (TPSA) is 123 Å². The van der Waals surface area contributed by atoms with Crippen molar-refractivity contribution in [1.29, 1.82) is 5.41 Å². The fourth-order valence-electron chi connectivity index (χ4n) is 1.68. The lowest BCUT2D eigenvalue weighted by Gasteiger charge is -2.07. The molecule has 0 aliphatic rings. The molecule has 26 heavy (non-hydrogen) atoms. The van der Waals surface area contributed by atoms with Gasteiger partial charge in [0.25, 0.3) is 0 Å². The zero-order valence-electron chi connectivity index (χ0n) is 13.5. The minimum Gasteiger partial charge on any atom is -0.482 e. The number of nitrogens with two attached hydrogens (primary N) is 1. The van der Waals surface area contributed by atoms with E-state index >= 15 is 0 Å². The Bertz CT molecular complexity index is 821. The second-order valence-electron chi connectivity index (χ2n) is 4.81. The Labute approximate surface area is 145 Å². The van der Waals surface area contributed by atoms with Gasteiger partial charge in [-0.2, -0.15) is 13.2 Å². The molecule has 0 heterocycles. The normalized spacial score (nSPS) is 10.5. The van der Waals surface area contributed by atoms with Crippen molar-refractivity contribution in [1.82, 2.24) is 0 Å². The molecule has 0 aromatic heterocycles. The van der Waals surface area contributed by atoms with Crippen LogP contribution in [0.5, 0.6) is 5.75 Å². The monoisotopic (exact) mass is 372 g/mol. The number of halogens is 3. The lowest BCUT2D eigenvalue weighted by atomic mass is 10.1. The van der Waals surface area contributed by atoms with Crippen LogP contribution in [0.15, 0.2) is 36.4 Å². The third kappa shape index (κ3) is 6.30. The number of fused-ring (bicyclic) bond motifs is 1. The molecular formula is C16H15F3N2O5. The van der Waals surface area contributed by atoms with Gasteiger partial charge in [-0.3, -0.25) is 5.41 Å². The summed E-state index contributed by atoms with van der Waals surface area (Å²) in [7, 11) is 1.31. The van der Waals surface area contributed by atoms with E-state index in [4.69, 9.17) is 25.8 Å². The molecule has 0 spiro atoms. The summed E-state index contributed by atoms with van der Waals surface area (Å²) in [6, 6.07) is 10.9. The minimum absolute atomic E-state index is 0.0351. The van der Waals surface area contributed by atoms with Crippen LogP contribution in [-0.2, 0) is 14.3 Å². The number of nitrogens with one attached hydrogen (secondary N) is 1. The van der Waals surface area contributed by atoms with Gasteiger partial charge < -0.3 is 20.3 Å². The van der Waals surface area contributed by atoms with Crippen LogP contribution in [-0.4, -0.2) is 42.8 Å². The summed E-state index contributed by atoms with van der Waals surface area (Å²) >= 11 is 0. The van der Waals surface area contributed by atoms with E-state index in [2.05, 4.69) is 4.74 Å². The molecule has 2 rings (SSSR count). The van der Waals surface area contributed by atoms with Crippen molar-refractivity contribution in [3.05, 3.63) is 42.0 Å². The zero-order valence-corrected chi connectivity index (χ0v) is 13.5. The number of ether oxygens (including phenoxy) is 2. The van der Waals surface area contributed by atoms with Gasteiger partial charge in [-0.05, 0) is 29.0 Å². The Morgan fingerprint density at radius 2 is 1.69 bits per heavy atom. The van der Waals surface area contributed by atoms with Gasteiger partial charge in [0.2, 0.25) is 0 Å². The number of carboxylic acid groups (broad SMARTS) is 1. The highest BCUT2D eigenvalue weighted by molar-refractivity contribution is 5.99. The molecule has 0 aliphatic carbocycles. The molecule has 0 amide bonds. The standard InChI is InChI=1S/C14H14N2O3.C2HF3O2/c1-18-13(17)8-19-12-5-4-9-6-11(14(15)16)3-2-10(9)7-12;3-2(4,5)1(6)7/h2-7H,8H2,1H3,(H3,15,16);(H,6,7). The summed E-state index contributed by atoms with van der Waals surface area (Å²) in [5, 5.41) is 16.4. The Morgan fingerprint density at radius 1 is 1.15 bits per heavy atom. The fraction of sp³-hybridized carbons (Fsp3) is 0.188. The summed E-state index contributed by atoms with van der Waals surface area (Å²) in [5.41, 5.74) is 6.11. The summed E-state index contributed by atoms with van der Waals surface area (Å²) in [6.07, 6.45) is -5.08. The number of hydrogen-bond donors (Lipinski definition) is 3. The first-order valence-electron chi connectivity index (χ1n) is 6.92. The number of esters is 1. The number of nitrogen functional groups attached to an aromatic ring is 1. The van der Waals surface area contributed by atoms with E-state index in [1.165, 1.54) is 7.11 Å². The molecule has 2 aromatic carbocycles. The van der Waals surface area contributed by atoms with Crippen molar-refractivity contribution in [2.45, 2.75) is 6.18 Å². The fourth-order valence-corrected chi connectivity index (χ4v) is 1.68. The van der Waals surface area contributed by atoms with Gasteiger partial charge in [0, 0.05) is 5.56 Å². The predicted molar refractivity (Wildman–Crippen MR) is 86.2 cm³/mol. The average molecular weight is 372 g/mol. The van der Waals surface area contributed by atoms with Gasteiger partial charge in [0.15, 0.2) is 6.61 Å². The average Bonchev–Trinajstić information content (AvgIpc) is 2.58. The highest BCUT2D eigenvalue weighted by Gasteiger charge is 2.38. The highest BCUT2D eigenvalue weighted by Crippen LogP contribution is 2.22. The quantitative estimate of drug-likeness (QED) is 0.430. The maximum Gasteiger partial charge on any atom is 0.490 e. The summed E-state index contributed by atoms with van der Waals surface area (Å²) in [4.78, 5) is 19.9. The first kappa shape index (κ1) is 20.7. The van der Waals surface area contributed by atoms with Crippen molar-refractivity contribution in [2.24, 2.45) is 5.73 Å². The van der Waals surface area contributed by atoms with E-state index in [0.717, 1.165) is 10.8 Å². The van der Waals surface area contributed by atoms with E-state index in [-0.39, 0.29) is 12.4 Å². The van der Waals surface area contributed by atoms with E-state index in [1.54, 1.807) is 12.1 Å². The maximum absolute atomic E-state index is 11.0. The van der Waals surface area contributed by atoms with Gasteiger partial charge in [0.05, 0.1) is 7.11 Å². The van der Waals surface area contributed by atoms with Crippen molar-refractivity contribution in [3.63, 3.8) is 0 Å². The van der Waals surface area contributed by atoms with E-state index in [0.29, 0.717) is 11.3 Å². The van der Waals surface area contributed by atoms with Crippen LogP contribution in [0.1, 0.15) is 5.56 Å². The van der Waals surface area contributed by atoms with E-state index < -0.39 is 18.1 Å². The number of hydrogen-bond acceptors (Lipinski definition) is 5. The summed E-state index contributed by atoms with van der Waals surface area (Å²) < 4.78 is 41.5. The molecule has 140 valence electrons. The molecule has 0 fully saturated rings. The van der Waals surface area contributed by atoms with Crippen LogP contribution in [0.2, 0.25) is 0 Å². The minimum atomic E-state index is -5.08. The predicted octanol–water partition coefficient (Wildman–Crippen LogP) is 2.31. The molecule has 2 aromatic rings. The molecule has 0 aliphatic heterocycles. The number of aliphatic carboxylic acids is 1. The number of rotatable bonds is 4. The Kier molecular flexibility index (Phi) is 6.94. The largest absolute Gasteiger partial charge is 0.490 e. The third-order valence-electron chi connectivity index (χ3n) is 2.95. The van der Waals surface area contributed by atoms with Gasteiger partial charge >= 0.3 is 18.1 Å². The zero-order chi connectivity index (χ0) is 19.9. The molecule has 7 nitrogen and oxygen atoms in total. The highest BCUT2D eigenvalue weighted by atomic mass is 19.4. The van der Waals surface area contributed by atoms with Crippen molar-refractivity contribution < 1.29 is 37.3 Å². The summed E-state index contributed by atoms with van der Waals surface area (Å²) in [5.74, 6) is -2.55. The molecule has 0 saturated carbocycles. The second kappa shape index (κ2) is 8.70. The van der Waals surface area contributed by atoms with Crippen LogP contribution in [0.3, 0.4) is 0 Å². The maximum atomic E-state index is 11.0. The number of carboxylic acids is 1. The van der Waals surface area contributed by atoms with Crippen molar-refractivity contribution in [3.8, 4) is 5.75 Å². The van der Waals surface area contributed by atoms with Crippen LogP contribution < -0.4 is 10.5 Å². The number of amidine groups is 1. The number of methoxy groups -OCH3 is 1. The van der Waals surface area contributed by atoms with Crippen molar-refractivity contribution in [2.75, 3.05) is 13.7 Å². The van der Waals surface area contributed by atoms with Gasteiger partial charge in [-0.25, -0.2) is 9.59 Å². The Hall–Kier alpha value is -3.30. The molecule has 0 saturated heterocycles. The lowest BCUT2D eigenvalue weighted by Crippen LogP contribution is -2.21. The molecule has 0 atom stereocenters. The number of carbonyl (C=O) groups excluding carboxylic acids is 1. The lowest BCUT2D eigenvalue weighted by molar-refractivity contribution is -0.192. The van der Waals surface area contributed by atoms with Crippen LogP contribution >= 0.6 is 0 Å². The first-order valence-corrected chi connectivity index (χ1v) is 6.92. The smallest absolute Gasteiger partial charge is 0.482 e. The summed E-state index contributed by atoms with van der Waals surface area (Å²) in [6.45, 7) is -0.118. The molecule has 0 unspecified atom stereocenters. The molecule has 10 heteroatoms. The van der Waals surface area contributed by atoms with Gasteiger partial charge in [-0.1, -0.05) is 18.2 Å². The van der Waals surface area contributed by atoms with Crippen LogP contribution in [0, 0.1) is 5.41 Å². The Morgan fingerprint density at radius 3 is 2.19 bits per heavy atom. The van der Waals surface area contributed by atoms with Crippen molar-refractivity contribution >= 4 is 28.5 Å². The van der Waals surface area contributed by atoms with Crippen LogP contribution in [0.4, 0.5) is 13.2 Å². The van der Waals surface area contributed by atoms with Gasteiger partial charge in [-0.15, -0.1) is 0 Å². The third-order valence-corrected chi connectivity index (χ3v) is 2.95. The molecule has 0 bridgehead atoms. The molecular weight excluding hydrogens is 357 g/mol. The van der Waals surface area contributed by atoms with Crippen LogP contribution in [0.25, 0.3) is 10.8 Å². The number of carbonyl (C=O) groups is 2. The molecule has 4 N–H and O–H groups in total.